The topological polar surface area (TPSA) is 57.7 Å². The lowest BCUT2D eigenvalue weighted by Gasteiger charge is -2.35. The van der Waals surface area contributed by atoms with Gasteiger partial charge in [-0.3, -0.25) is 4.79 Å². The monoisotopic (exact) mass is 372 g/mol. The summed E-state index contributed by atoms with van der Waals surface area (Å²) in [6.07, 6.45) is 0.466. The highest BCUT2D eigenvalue weighted by Gasteiger charge is 2.31. The van der Waals surface area contributed by atoms with Gasteiger partial charge >= 0.3 is 0 Å². The Morgan fingerprint density at radius 2 is 1.75 bits per heavy atom. The van der Waals surface area contributed by atoms with E-state index in [1.165, 1.54) is 10.4 Å². The van der Waals surface area contributed by atoms with Crippen molar-refractivity contribution in [3.05, 3.63) is 28.8 Å². The molecule has 1 amide bonds. The lowest BCUT2D eigenvalue weighted by Crippen LogP contribution is -2.51. The summed E-state index contributed by atoms with van der Waals surface area (Å²) >= 11 is 6.05. The van der Waals surface area contributed by atoms with Crippen LogP contribution in [0.4, 0.5) is 0 Å². The highest BCUT2D eigenvalue weighted by atomic mass is 35.5. The van der Waals surface area contributed by atoms with E-state index >= 15 is 0 Å². The number of rotatable bonds is 3. The largest absolute Gasteiger partial charge is 0.340 e. The Bertz CT molecular complexity index is 718. The molecule has 1 aliphatic rings. The van der Waals surface area contributed by atoms with Gasteiger partial charge in [0.2, 0.25) is 15.9 Å². The number of carbonyl (C=O) groups is 1. The van der Waals surface area contributed by atoms with Crippen LogP contribution in [-0.2, 0) is 14.8 Å². The van der Waals surface area contributed by atoms with Crippen LogP contribution in [0.1, 0.15) is 32.8 Å². The normalized spacial score (nSPS) is 17.1. The van der Waals surface area contributed by atoms with Crippen LogP contribution in [-0.4, -0.2) is 49.7 Å². The van der Waals surface area contributed by atoms with Crippen LogP contribution in [0.15, 0.2) is 23.1 Å². The van der Waals surface area contributed by atoms with Gasteiger partial charge in [-0.1, -0.05) is 38.4 Å². The van der Waals surface area contributed by atoms with Crippen LogP contribution < -0.4 is 0 Å². The molecule has 0 radical (unpaired) electrons. The molecule has 0 aliphatic carbocycles. The molecule has 0 saturated carbocycles. The van der Waals surface area contributed by atoms with E-state index in [0.717, 1.165) is 5.56 Å². The fourth-order valence-electron chi connectivity index (χ4n) is 2.63. The Morgan fingerprint density at radius 1 is 1.17 bits per heavy atom. The first kappa shape index (κ1) is 19.2. The van der Waals surface area contributed by atoms with Crippen molar-refractivity contribution in [1.29, 1.82) is 0 Å². The summed E-state index contributed by atoms with van der Waals surface area (Å²) in [4.78, 5) is 14.2. The molecule has 0 N–H and O–H groups in total. The van der Waals surface area contributed by atoms with Crippen molar-refractivity contribution in [3.8, 4) is 0 Å². The minimum absolute atomic E-state index is 0.0705. The molecule has 1 aliphatic heterocycles. The van der Waals surface area contributed by atoms with Crippen molar-refractivity contribution in [2.75, 3.05) is 26.2 Å². The Kier molecular flexibility index (Phi) is 5.62. The number of carbonyl (C=O) groups excluding carboxylic acids is 1. The minimum Gasteiger partial charge on any atom is -0.340 e. The number of piperazine rings is 1. The molecule has 1 aromatic carbocycles. The van der Waals surface area contributed by atoms with Crippen LogP contribution >= 0.6 is 11.6 Å². The number of hydrogen-bond donors (Lipinski definition) is 0. The molecule has 5 nitrogen and oxygen atoms in total. The van der Waals surface area contributed by atoms with Gasteiger partial charge in [0.15, 0.2) is 0 Å². The molecule has 1 heterocycles. The SMILES string of the molecule is Cc1ccc(S(=O)(=O)N2CCN(C(=O)CC(C)(C)C)CC2)cc1Cl. The summed E-state index contributed by atoms with van der Waals surface area (Å²) in [7, 11) is -3.57. The summed E-state index contributed by atoms with van der Waals surface area (Å²) in [5, 5.41) is 0.440. The molecule has 0 aromatic heterocycles. The Hall–Kier alpha value is -1.11. The summed E-state index contributed by atoms with van der Waals surface area (Å²) < 4.78 is 26.9. The highest BCUT2D eigenvalue weighted by molar-refractivity contribution is 7.89. The number of aryl methyl sites for hydroxylation is 1. The van der Waals surface area contributed by atoms with Crippen LogP contribution in [0.5, 0.6) is 0 Å². The summed E-state index contributed by atoms with van der Waals surface area (Å²) in [5.41, 5.74) is 0.770. The predicted molar refractivity (Wildman–Crippen MR) is 95.6 cm³/mol. The third-order valence-electron chi connectivity index (χ3n) is 4.05. The van der Waals surface area contributed by atoms with Crippen molar-refractivity contribution in [2.45, 2.75) is 39.0 Å². The predicted octanol–water partition coefficient (Wildman–Crippen LogP) is 2.92. The zero-order valence-electron chi connectivity index (χ0n) is 14.7. The van der Waals surface area contributed by atoms with Crippen LogP contribution in [0.25, 0.3) is 0 Å². The fourth-order valence-corrected chi connectivity index (χ4v) is 4.32. The Morgan fingerprint density at radius 3 is 2.25 bits per heavy atom. The lowest BCUT2D eigenvalue weighted by atomic mass is 9.91. The first-order valence-corrected chi connectivity index (χ1v) is 9.86. The first-order chi connectivity index (χ1) is 11.0. The van der Waals surface area contributed by atoms with E-state index in [1.54, 1.807) is 17.0 Å². The van der Waals surface area contributed by atoms with Gasteiger partial charge in [0, 0.05) is 37.6 Å². The molecule has 0 unspecified atom stereocenters. The van der Waals surface area contributed by atoms with Crippen molar-refractivity contribution in [1.82, 2.24) is 9.21 Å². The second kappa shape index (κ2) is 7.02. The lowest BCUT2D eigenvalue weighted by molar-refractivity contribution is -0.134. The third kappa shape index (κ3) is 4.49. The number of benzene rings is 1. The zero-order chi connectivity index (χ0) is 18.1. The van der Waals surface area contributed by atoms with Gasteiger partial charge in [-0.25, -0.2) is 8.42 Å². The van der Waals surface area contributed by atoms with Gasteiger partial charge in [-0.2, -0.15) is 4.31 Å². The van der Waals surface area contributed by atoms with E-state index in [9.17, 15) is 13.2 Å². The van der Waals surface area contributed by atoms with Crippen LogP contribution in [0, 0.1) is 12.3 Å². The molecule has 0 atom stereocenters. The number of halogens is 1. The van der Waals surface area contributed by atoms with Gasteiger partial charge in [0.25, 0.3) is 0 Å². The molecule has 24 heavy (non-hydrogen) atoms. The molecule has 1 saturated heterocycles. The van der Waals surface area contributed by atoms with Crippen LogP contribution in [0.2, 0.25) is 5.02 Å². The van der Waals surface area contributed by atoms with Crippen molar-refractivity contribution >= 4 is 27.5 Å². The summed E-state index contributed by atoms with van der Waals surface area (Å²) in [5.74, 6) is 0.0814. The first-order valence-electron chi connectivity index (χ1n) is 8.05. The van der Waals surface area contributed by atoms with Gasteiger partial charge in [0.05, 0.1) is 4.90 Å². The van der Waals surface area contributed by atoms with Gasteiger partial charge < -0.3 is 4.90 Å². The van der Waals surface area contributed by atoms with Crippen molar-refractivity contribution in [3.63, 3.8) is 0 Å². The average molecular weight is 373 g/mol. The van der Waals surface area contributed by atoms with E-state index in [0.29, 0.717) is 37.6 Å². The summed E-state index contributed by atoms with van der Waals surface area (Å²) in [6.45, 7) is 9.36. The Balaban J connectivity index is 2.05. The number of amides is 1. The molecule has 0 spiro atoms. The number of hydrogen-bond acceptors (Lipinski definition) is 3. The molecule has 1 fully saturated rings. The van der Waals surface area contributed by atoms with E-state index in [4.69, 9.17) is 11.6 Å². The smallest absolute Gasteiger partial charge is 0.243 e. The molecule has 2 rings (SSSR count). The number of sulfonamides is 1. The minimum atomic E-state index is -3.57. The van der Waals surface area contributed by atoms with E-state index in [1.807, 2.05) is 27.7 Å². The van der Waals surface area contributed by atoms with Crippen LogP contribution in [0.3, 0.4) is 0 Å². The zero-order valence-corrected chi connectivity index (χ0v) is 16.2. The van der Waals surface area contributed by atoms with Gasteiger partial charge in [-0.05, 0) is 30.0 Å². The molecular formula is C17H25ClN2O3S. The third-order valence-corrected chi connectivity index (χ3v) is 6.36. The standard InChI is InChI=1S/C17H25ClN2O3S/c1-13-5-6-14(11-15(13)18)24(22,23)20-9-7-19(8-10-20)16(21)12-17(2,3)4/h5-6,11H,7-10,12H2,1-4H3. The average Bonchev–Trinajstić information content (AvgIpc) is 2.48. The molecule has 134 valence electrons. The Labute approximate surface area is 149 Å². The van der Waals surface area contributed by atoms with E-state index in [-0.39, 0.29) is 16.2 Å². The molecular weight excluding hydrogens is 348 g/mol. The van der Waals surface area contributed by atoms with Gasteiger partial charge in [0.1, 0.15) is 0 Å². The van der Waals surface area contributed by atoms with E-state index in [2.05, 4.69) is 0 Å². The molecule has 0 bridgehead atoms. The summed E-state index contributed by atoms with van der Waals surface area (Å²) in [6, 6.07) is 4.77. The fraction of sp³-hybridized carbons (Fsp3) is 0.588. The van der Waals surface area contributed by atoms with E-state index < -0.39 is 10.0 Å². The second-order valence-electron chi connectivity index (χ2n) is 7.43. The highest BCUT2D eigenvalue weighted by Crippen LogP contribution is 2.24. The van der Waals surface area contributed by atoms with Crippen molar-refractivity contribution < 1.29 is 13.2 Å². The maximum atomic E-state index is 12.7. The maximum Gasteiger partial charge on any atom is 0.243 e. The molecule has 1 aromatic rings. The maximum absolute atomic E-state index is 12.7. The van der Waals surface area contributed by atoms with Gasteiger partial charge in [-0.15, -0.1) is 0 Å². The quantitative estimate of drug-likeness (QED) is 0.819. The number of nitrogens with zero attached hydrogens (tertiary/aromatic N) is 2. The second-order valence-corrected chi connectivity index (χ2v) is 9.78. The van der Waals surface area contributed by atoms with Crippen molar-refractivity contribution in [2.24, 2.45) is 5.41 Å². The molecule has 7 heteroatoms.